The van der Waals surface area contributed by atoms with Crippen molar-refractivity contribution in [3.05, 3.63) is 64.1 Å². The van der Waals surface area contributed by atoms with Gasteiger partial charge < -0.3 is 5.32 Å². The molecule has 2 rings (SSSR count). The van der Waals surface area contributed by atoms with Gasteiger partial charge >= 0.3 is 0 Å². The van der Waals surface area contributed by atoms with Crippen LogP contribution in [-0.2, 0) is 12.3 Å². The van der Waals surface area contributed by atoms with E-state index in [4.69, 9.17) is 0 Å². The molecule has 94 valence electrons. The summed E-state index contributed by atoms with van der Waals surface area (Å²) in [4.78, 5) is 1.34. The van der Waals surface area contributed by atoms with E-state index in [1.54, 1.807) is 0 Å². The van der Waals surface area contributed by atoms with Crippen LogP contribution in [0.5, 0.6) is 0 Å². The Kier molecular flexibility index (Phi) is 5.29. The molecule has 0 aliphatic carbocycles. The minimum Gasteiger partial charge on any atom is -0.316 e. The summed E-state index contributed by atoms with van der Waals surface area (Å²) in [5.74, 6) is 1.01. The molecule has 18 heavy (non-hydrogen) atoms. The van der Waals surface area contributed by atoms with Crippen molar-refractivity contribution in [2.24, 2.45) is 0 Å². The Morgan fingerprint density at radius 1 is 1.11 bits per heavy atom. The van der Waals surface area contributed by atoms with Gasteiger partial charge in [0.05, 0.1) is 0 Å². The standard InChI is InChI=1S/C15H16BrNS/c1-17-10-13-9-14(16)7-8-15(13)18-11-12-5-3-2-4-6-12/h2-9,17H,10-11H2,1H3. The highest BCUT2D eigenvalue weighted by Crippen LogP contribution is 2.28. The SMILES string of the molecule is CNCc1cc(Br)ccc1SCc1ccccc1. The van der Waals surface area contributed by atoms with Crippen LogP contribution in [0.15, 0.2) is 57.9 Å². The molecule has 0 spiro atoms. The van der Waals surface area contributed by atoms with E-state index in [-0.39, 0.29) is 0 Å². The number of nitrogens with one attached hydrogen (secondary N) is 1. The highest BCUT2D eigenvalue weighted by Gasteiger charge is 2.04. The molecule has 0 aliphatic heterocycles. The minimum atomic E-state index is 0.899. The first kappa shape index (κ1) is 13.7. The predicted molar refractivity (Wildman–Crippen MR) is 82.9 cm³/mol. The first-order valence-corrected chi connectivity index (χ1v) is 7.67. The summed E-state index contributed by atoms with van der Waals surface area (Å²) < 4.78 is 1.14. The van der Waals surface area contributed by atoms with Crippen molar-refractivity contribution in [1.29, 1.82) is 0 Å². The molecule has 0 fully saturated rings. The van der Waals surface area contributed by atoms with Crippen LogP contribution in [0.1, 0.15) is 11.1 Å². The van der Waals surface area contributed by atoms with Crippen molar-refractivity contribution in [3.63, 3.8) is 0 Å². The van der Waals surface area contributed by atoms with Gasteiger partial charge in [-0.05, 0) is 36.4 Å². The quantitative estimate of drug-likeness (QED) is 0.816. The topological polar surface area (TPSA) is 12.0 Å². The minimum absolute atomic E-state index is 0.899. The average molecular weight is 322 g/mol. The molecule has 1 nitrogen and oxygen atoms in total. The zero-order valence-electron chi connectivity index (χ0n) is 10.3. The van der Waals surface area contributed by atoms with E-state index in [2.05, 4.69) is 69.8 Å². The number of hydrogen-bond acceptors (Lipinski definition) is 2. The van der Waals surface area contributed by atoms with Gasteiger partial charge in [0.15, 0.2) is 0 Å². The van der Waals surface area contributed by atoms with E-state index in [1.165, 1.54) is 16.0 Å². The van der Waals surface area contributed by atoms with Gasteiger partial charge in [0.1, 0.15) is 0 Å². The number of hydrogen-bond donors (Lipinski definition) is 1. The molecular weight excluding hydrogens is 306 g/mol. The van der Waals surface area contributed by atoms with Crippen LogP contribution in [0.2, 0.25) is 0 Å². The normalized spacial score (nSPS) is 10.6. The molecular formula is C15H16BrNS. The van der Waals surface area contributed by atoms with Crippen LogP contribution in [-0.4, -0.2) is 7.05 Å². The van der Waals surface area contributed by atoms with Crippen LogP contribution >= 0.6 is 27.7 Å². The lowest BCUT2D eigenvalue weighted by Gasteiger charge is -2.09. The van der Waals surface area contributed by atoms with E-state index in [0.29, 0.717) is 0 Å². The molecule has 0 saturated carbocycles. The van der Waals surface area contributed by atoms with Crippen LogP contribution in [0.3, 0.4) is 0 Å². The van der Waals surface area contributed by atoms with E-state index in [1.807, 2.05) is 18.8 Å². The van der Waals surface area contributed by atoms with Crippen molar-refractivity contribution in [2.75, 3.05) is 7.05 Å². The van der Waals surface area contributed by atoms with Crippen LogP contribution in [0.25, 0.3) is 0 Å². The maximum atomic E-state index is 3.53. The van der Waals surface area contributed by atoms with Crippen molar-refractivity contribution < 1.29 is 0 Å². The summed E-state index contributed by atoms with van der Waals surface area (Å²) in [6, 6.07) is 17.0. The summed E-state index contributed by atoms with van der Waals surface area (Å²) in [7, 11) is 1.98. The molecule has 0 aromatic heterocycles. The monoisotopic (exact) mass is 321 g/mol. The number of thioether (sulfide) groups is 1. The van der Waals surface area contributed by atoms with E-state index >= 15 is 0 Å². The summed E-state index contributed by atoms with van der Waals surface area (Å²) >= 11 is 5.41. The van der Waals surface area contributed by atoms with Gasteiger partial charge in [0.2, 0.25) is 0 Å². The Morgan fingerprint density at radius 2 is 1.89 bits per heavy atom. The van der Waals surface area contributed by atoms with Crippen molar-refractivity contribution in [3.8, 4) is 0 Å². The Bertz CT molecular complexity index is 499. The second kappa shape index (κ2) is 6.98. The summed E-state index contributed by atoms with van der Waals surface area (Å²) in [5, 5.41) is 3.22. The zero-order valence-corrected chi connectivity index (χ0v) is 12.7. The fourth-order valence-electron chi connectivity index (χ4n) is 1.75. The van der Waals surface area contributed by atoms with Crippen LogP contribution in [0, 0.1) is 0 Å². The molecule has 2 aromatic carbocycles. The predicted octanol–water partition coefficient (Wildman–Crippen LogP) is 4.46. The Hall–Kier alpha value is -0.770. The number of halogens is 1. The molecule has 2 aromatic rings. The third-order valence-corrected chi connectivity index (χ3v) is 4.31. The summed E-state index contributed by atoms with van der Waals surface area (Å²) in [5.41, 5.74) is 2.70. The Balaban J connectivity index is 2.09. The summed E-state index contributed by atoms with van der Waals surface area (Å²) in [6.45, 7) is 0.899. The molecule has 0 atom stereocenters. The fraction of sp³-hybridized carbons (Fsp3) is 0.200. The van der Waals surface area contributed by atoms with Gasteiger partial charge in [0.25, 0.3) is 0 Å². The lowest BCUT2D eigenvalue weighted by atomic mass is 10.2. The maximum absolute atomic E-state index is 3.53. The molecule has 1 N–H and O–H groups in total. The highest BCUT2D eigenvalue weighted by molar-refractivity contribution is 9.10. The van der Waals surface area contributed by atoms with Crippen molar-refractivity contribution in [2.45, 2.75) is 17.2 Å². The van der Waals surface area contributed by atoms with E-state index < -0.39 is 0 Å². The van der Waals surface area contributed by atoms with Crippen molar-refractivity contribution >= 4 is 27.7 Å². The van der Waals surface area contributed by atoms with E-state index in [0.717, 1.165) is 16.8 Å². The van der Waals surface area contributed by atoms with Gasteiger partial charge in [-0.15, -0.1) is 11.8 Å². The Morgan fingerprint density at radius 3 is 2.61 bits per heavy atom. The molecule has 0 heterocycles. The third-order valence-electron chi connectivity index (χ3n) is 2.63. The van der Waals surface area contributed by atoms with Crippen LogP contribution < -0.4 is 5.32 Å². The molecule has 0 bridgehead atoms. The molecule has 0 aliphatic rings. The lowest BCUT2D eigenvalue weighted by molar-refractivity contribution is 0.802. The summed E-state index contributed by atoms with van der Waals surface area (Å²) in [6.07, 6.45) is 0. The van der Waals surface area contributed by atoms with Crippen LogP contribution in [0.4, 0.5) is 0 Å². The zero-order chi connectivity index (χ0) is 12.8. The smallest absolute Gasteiger partial charge is 0.0232 e. The second-order valence-electron chi connectivity index (χ2n) is 4.06. The molecule has 0 unspecified atom stereocenters. The first-order chi connectivity index (χ1) is 8.79. The third kappa shape index (κ3) is 3.87. The maximum Gasteiger partial charge on any atom is 0.0232 e. The molecule has 0 saturated heterocycles. The molecule has 3 heteroatoms. The second-order valence-corrected chi connectivity index (χ2v) is 5.99. The van der Waals surface area contributed by atoms with Gasteiger partial charge in [-0.1, -0.05) is 46.3 Å². The average Bonchev–Trinajstić information content (AvgIpc) is 2.39. The van der Waals surface area contributed by atoms with Gasteiger partial charge in [-0.3, -0.25) is 0 Å². The van der Waals surface area contributed by atoms with Gasteiger partial charge in [-0.2, -0.15) is 0 Å². The molecule has 0 amide bonds. The van der Waals surface area contributed by atoms with Crippen molar-refractivity contribution in [1.82, 2.24) is 5.32 Å². The largest absolute Gasteiger partial charge is 0.316 e. The lowest BCUT2D eigenvalue weighted by Crippen LogP contribution is -2.06. The van der Waals surface area contributed by atoms with Gasteiger partial charge in [-0.25, -0.2) is 0 Å². The highest BCUT2D eigenvalue weighted by atomic mass is 79.9. The molecule has 0 radical (unpaired) electrons. The number of benzene rings is 2. The fourth-order valence-corrected chi connectivity index (χ4v) is 3.16. The Labute approximate surface area is 121 Å². The van der Waals surface area contributed by atoms with E-state index in [9.17, 15) is 0 Å². The number of rotatable bonds is 5. The first-order valence-electron chi connectivity index (χ1n) is 5.89. The van der Waals surface area contributed by atoms with Gasteiger partial charge in [0, 0.05) is 21.7 Å².